The predicted octanol–water partition coefficient (Wildman–Crippen LogP) is 4.64. The number of rotatable bonds is 3. The van der Waals surface area contributed by atoms with E-state index in [9.17, 15) is 0 Å². The van der Waals surface area contributed by atoms with E-state index >= 15 is 0 Å². The van der Waals surface area contributed by atoms with Crippen LogP contribution >= 0.6 is 0 Å². The van der Waals surface area contributed by atoms with Crippen molar-refractivity contribution < 1.29 is 0 Å². The fraction of sp³-hybridized carbons (Fsp3) is 0.208. The molecule has 3 aliphatic carbocycles. The fourth-order valence-corrected chi connectivity index (χ4v) is 4.34. The van der Waals surface area contributed by atoms with Crippen LogP contribution in [0.25, 0.3) is 0 Å². The van der Waals surface area contributed by atoms with Gasteiger partial charge in [0, 0.05) is 11.8 Å². The van der Waals surface area contributed by atoms with E-state index in [1.165, 1.54) is 11.1 Å². The highest BCUT2D eigenvalue weighted by Crippen LogP contribution is 2.37. The standard InChI is InChI=1S/C24H23N3/c1-3-11-19(12-4-1)23-25-26-24(20-13-5-2-6-14-20)27(23)22-17-9-15-18-10-7-8-16-21(18)22/h1-13,15-17,20-23,25H,14H2. The van der Waals surface area contributed by atoms with Gasteiger partial charge in [-0.25, -0.2) is 0 Å². The first kappa shape index (κ1) is 16.1. The molecular weight excluding hydrogens is 330 g/mol. The summed E-state index contributed by atoms with van der Waals surface area (Å²) in [6.45, 7) is 0. The fourth-order valence-electron chi connectivity index (χ4n) is 4.34. The van der Waals surface area contributed by atoms with E-state index in [2.05, 4.69) is 107 Å². The summed E-state index contributed by atoms with van der Waals surface area (Å²) in [6, 6.07) is 10.9. The Balaban J connectivity index is 1.54. The molecular formula is C24H23N3. The molecule has 1 aromatic carbocycles. The van der Waals surface area contributed by atoms with E-state index in [1.807, 2.05) is 0 Å². The van der Waals surface area contributed by atoms with Crippen molar-refractivity contribution in [2.24, 2.45) is 16.9 Å². The minimum absolute atomic E-state index is 0.0498. The van der Waals surface area contributed by atoms with Crippen molar-refractivity contribution in [1.82, 2.24) is 10.3 Å². The zero-order chi connectivity index (χ0) is 18.1. The van der Waals surface area contributed by atoms with Gasteiger partial charge in [-0.15, -0.1) is 0 Å². The lowest BCUT2D eigenvalue weighted by molar-refractivity contribution is 0.233. The molecule has 4 aliphatic rings. The monoisotopic (exact) mass is 353 g/mol. The molecule has 5 rings (SSSR count). The molecule has 0 saturated heterocycles. The lowest BCUT2D eigenvalue weighted by atomic mass is 9.82. The molecule has 0 radical (unpaired) electrons. The van der Waals surface area contributed by atoms with Gasteiger partial charge in [0.1, 0.15) is 12.0 Å². The molecule has 4 unspecified atom stereocenters. The highest BCUT2D eigenvalue weighted by atomic mass is 15.5. The molecule has 0 amide bonds. The van der Waals surface area contributed by atoms with Gasteiger partial charge >= 0.3 is 0 Å². The SMILES string of the molecule is C1=CCC(C2=NNC(c3ccccc3)N2C2C=CC=C3C=CC=CC32)C=C1. The summed E-state index contributed by atoms with van der Waals surface area (Å²) < 4.78 is 0. The van der Waals surface area contributed by atoms with Gasteiger partial charge in [0.25, 0.3) is 0 Å². The highest BCUT2D eigenvalue weighted by molar-refractivity contribution is 5.88. The molecule has 3 heteroatoms. The number of hydrogen-bond donors (Lipinski definition) is 1. The van der Waals surface area contributed by atoms with Gasteiger partial charge in [-0.3, -0.25) is 5.43 Å². The Morgan fingerprint density at radius 2 is 1.81 bits per heavy atom. The van der Waals surface area contributed by atoms with E-state index in [1.54, 1.807) is 0 Å². The smallest absolute Gasteiger partial charge is 0.143 e. The van der Waals surface area contributed by atoms with Gasteiger partial charge < -0.3 is 4.90 Å². The minimum Gasteiger partial charge on any atom is -0.325 e. The number of benzene rings is 1. The molecule has 0 spiro atoms. The van der Waals surface area contributed by atoms with Crippen molar-refractivity contribution in [3.05, 3.63) is 108 Å². The van der Waals surface area contributed by atoms with E-state index in [0.717, 1.165) is 12.3 Å². The second-order valence-corrected chi connectivity index (χ2v) is 7.29. The first-order chi connectivity index (χ1) is 13.4. The summed E-state index contributed by atoms with van der Waals surface area (Å²) in [4.78, 5) is 2.49. The number of allylic oxidation sites excluding steroid dienone is 8. The van der Waals surface area contributed by atoms with Gasteiger partial charge in [0.05, 0.1) is 6.04 Å². The van der Waals surface area contributed by atoms with Gasteiger partial charge in [0.15, 0.2) is 0 Å². The van der Waals surface area contributed by atoms with Crippen LogP contribution in [0.15, 0.2) is 108 Å². The van der Waals surface area contributed by atoms with E-state index in [-0.39, 0.29) is 12.2 Å². The van der Waals surface area contributed by atoms with Crippen molar-refractivity contribution >= 4 is 5.84 Å². The lowest BCUT2D eigenvalue weighted by Gasteiger charge is -2.40. The molecule has 1 aliphatic heterocycles. The molecule has 0 fully saturated rings. The number of nitrogens with one attached hydrogen (secondary N) is 1. The molecule has 1 heterocycles. The van der Waals surface area contributed by atoms with E-state index in [4.69, 9.17) is 5.10 Å². The van der Waals surface area contributed by atoms with Crippen molar-refractivity contribution in [2.45, 2.75) is 18.6 Å². The molecule has 0 saturated carbocycles. The Morgan fingerprint density at radius 3 is 2.67 bits per heavy atom. The Morgan fingerprint density at radius 1 is 0.926 bits per heavy atom. The number of fused-ring (bicyclic) bond motifs is 1. The van der Waals surface area contributed by atoms with Crippen molar-refractivity contribution in [2.75, 3.05) is 0 Å². The summed E-state index contributed by atoms with van der Waals surface area (Å²) in [5.74, 6) is 1.78. The van der Waals surface area contributed by atoms with E-state index < -0.39 is 0 Å². The number of hydrogen-bond acceptors (Lipinski definition) is 3. The maximum Gasteiger partial charge on any atom is 0.143 e. The Kier molecular flexibility index (Phi) is 4.13. The van der Waals surface area contributed by atoms with Crippen LogP contribution in [0.3, 0.4) is 0 Å². The Labute approximate surface area is 160 Å². The Hall–Kier alpha value is -3.07. The second kappa shape index (κ2) is 6.92. The molecule has 3 nitrogen and oxygen atoms in total. The number of hydrazone groups is 1. The minimum atomic E-state index is 0.0498. The van der Waals surface area contributed by atoms with Crippen molar-refractivity contribution in [3.63, 3.8) is 0 Å². The third kappa shape index (κ3) is 2.89. The summed E-state index contributed by atoms with van der Waals surface area (Å²) >= 11 is 0. The molecule has 27 heavy (non-hydrogen) atoms. The van der Waals surface area contributed by atoms with Gasteiger partial charge in [0.2, 0.25) is 0 Å². The Bertz CT molecular complexity index is 914. The van der Waals surface area contributed by atoms with Crippen LogP contribution in [0, 0.1) is 11.8 Å². The molecule has 0 aromatic heterocycles. The third-order valence-corrected chi connectivity index (χ3v) is 5.66. The van der Waals surface area contributed by atoms with E-state index in [0.29, 0.717) is 11.8 Å². The van der Waals surface area contributed by atoms with Gasteiger partial charge in [-0.2, -0.15) is 5.10 Å². The molecule has 134 valence electrons. The predicted molar refractivity (Wildman–Crippen MR) is 111 cm³/mol. The first-order valence-corrected chi connectivity index (χ1v) is 9.65. The maximum absolute atomic E-state index is 4.82. The average Bonchev–Trinajstić information content (AvgIpc) is 3.19. The second-order valence-electron chi connectivity index (χ2n) is 7.29. The summed E-state index contributed by atoms with van der Waals surface area (Å²) in [5.41, 5.74) is 6.03. The first-order valence-electron chi connectivity index (χ1n) is 9.65. The maximum atomic E-state index is 4.82. The van der Waals surface area contributed by atoms with Crippen molar-refractivity contribution in [3.8, 4) is 0 Å². The van der Waals surface area contributed by atoms with Crippen LogP contribution in [0.2, 0.25) is 0 Å². The highest BCUT2D eigenvalue weighted by Gasteiger charge is 2.40. The summed E-state index contributed by atoms with van der Waals surface area (Å²) in [6.07, 6.45) is 25.3. The van der Waals surface area contributed by atoms with Crippen molar-refractivity contribution in [1.29, 1.82) is 0 Å². The van der Waals surface area contributed by atoms with Gasteiger partial charge in [-0.05, 0) is 17.6 Å². The number of amidine groups is 1. The zero-order valence-corrected chi connectivity index (χ0v) is 15.1. The summed E-state index contributed by atoms with van der Waals surface area (Å²) in [5, 5.41) is 4.82. The number of nitrogens with zero attached hydrogens (tertiary/aromatic N) is 2. The molecule has 4 atom stereocenters. The average molecular weight is 353 g/mol. The largest absolute Gasteiger partial charge is 0.325 e. The topological polar surface area (TPSA) is 27.6 Å². The normalized spacial score (nSPS) is 30.7. The molecule has 0 bridgehead atoms. The van der Waals surface area contributed by atoms with Gasteiger partial charge in [-0.1, -0.05) is 97.2 Å². The van der Waals surface area contributed by atoms with Crippen LogP contribution in [-0.2, 0) is 0 Å². The third-order valence-electron chi connectivity index (χ3n) is 5.66. The molecule has 1 aromatic rings. The molecule has 1 N–H and O–H groups in total. The zero-order valence-electron chi connectivity index (χ0n) is 15.1. The van der Waals surface area contributed by atoms with Crippen LogP contribution in [-0.4, -0.2) is 16.8 Å². The van der Waals surface area contributed by atoms with Crippen LogP contribution in [0.1, 0.15) is 18.2 Å². The quantitative estimate of drug-likeness (QED) is 0.857. The van der Waals surface area contributed by atoms with Crippen LogP contribution < -0.4 is 5.43 Å². The summed E-state index contributed by atoms with van der Waals surface area (Å²) in [7, 11) is 0. The van der Waals surface area contributed by atoms with Crippen LogP contribution in [0.4, 0.5) is 0 Å². The van der Waals surface area contributed by atoms with Crippen LogP contribution in [0.5, 0.6) is 0 Å². The lowest BCUT2D eigenvalue weighted by Crippen LogP contribution is -2.47.